The van der Waals surface area contributed by atoms with Crippen LogP contribution in [0.3, 0.4) is 0 Å². The molecule has 2 aromatic carbocycles. The Bertz CT molecular complexity index is 782. The first kappa shape index (κ1) is 24.5. The highest BCUT2D eigenvalue weighted by atomic mass is 127. The van der Waals surface area contributed by atoms with Crippen LogP contribution in [-0.2, 0) is 6.42 Å². The number of aliphatic imine (C=N–C) groups is 1. The van der Waals surface area contributed by atoms with Crippen molar-refractivity contribution in [2.75, 3.05) is 33.3 Å². The molecule has 0 aliphatic heterocycles. The molecule has 0 saturated carbocycles. The third-order valence-corrected chi connectivity index (χ3v) is 4.03. The minimum absolute atomic E-state index is 0. The molecule has 8 heteroatoms. The number of hydrogen-bond donors (Lipinski definition) is 4. The molecule has 0 saturated heterocycles. The first-order valence-corrected chi connectivity index (χ1v) is 9.35. The predicted molar refractivity (Wildman–Crippen MR) is 127 cm³/mol. The van der Waals surface area contributed by atoms with E-state index in [0.717, 1.165) is 18.7 Å². The number of hydrogen-bond acceptors (Lipinski definition) is 4. The van der Waals surface area contributed by atoms with Crippen molar-refractivity contribution in [1.82, 2.24) is 16.0 Å². The van der Waals surface area contributed by atoms with Crippen molar-refractivity contribution in [3.63, 3.8) is 0 Å². The zero-order valence-electron chi connectivity index (χ0n) is 16.8. The summed E-state index contributed by atoms with van der Waals surface area (Å²) in [6, 6.07) is 14.4. The summed E-state index contributed by atoms with van der Waals surface area (Å²) in [6.45, 7) is 4.33. The number of rotatable bonds is 9. The van der Waals surface area contributed by atoms with Gasteiger partial charge in [0.1, 0.15) is 11.5 Å². The smallest absolute Gasteiger partial charge is 0.255 e. The van der Waals surface area contributed by atoms with Crippen LogP contribution in [0.5, 0.6) is 11.5 Å². The summed E-state index contributed by atoms with van der Waals surface area (Å²) in [5, 5.41) is 18.8. The minimum Gasteiger partial charge on any atom is -0.507 e. The number of carbonyl (C=O) groups is 1. The molecule has 2 rings (SSSR count). The lowest BCUT2D eigenvalue weighted by atomic mass is 10.1. The SMILES string of the molecule is CCNC(=NCCc1ccc(OC)cc1)NCCNC(=O)c1ccccc1O.I. The van der Waals surface area contributed by atoms with Gasteiger partial charge in [-0.05, 0) is 43.2 Å². The lowest BCUT2D eigenvalue weighted by Gasteiger charge is -2.12. The highest BCUT2D eigenvalue weighted by Gasteiger charge is 2.09. The van der Waals surface area contributed by atoms with Gasteiger partial charge in [0.05, 0.1) is 12.7 Å². The maximum atomic E-state index is 12.1. The van der Waals surface area contributed by atoms with Crippen molar-refractivity contribution < 1.29 is 14.6 Å². The molecule has 7 nitrogen and oxygen atoms in total. The molecule has 0 fully saturated rings. The summed E-state index contributed by atoms with van der Waals surface area (Å²) >= 11 is 0. The fraction of sp³-hybridized carbons (Fsp3) is 0.333. The van der Waals surface area contributed by atoms with Gasteiger partial charge in [0.15, 0.2) is 5.96 Å². The summed E-state index contributed by atoms with van der Waals surface area (Å²) in [5.41, 5.74) is 1.46. The molecule has 0 heterocycles. The molecule has 29 heavy (non-hydrogen) atoms. The van der Waals surface area contributed by atoms with E-state index in [2.05, 4.69) is 20.9 Å². The summed E-state index contributed by atoms with van der Waals surface area (Å²) in [6.07, 6.45) is 0.824. The van der Waals surface area contributed by atoms with Gasteiger partial charge in [-0.3, -0.25) is 9.79 Å². The zero-order chi connectivity index (χ0) is 20.2. The predicted octanol–water partition coefficient (Wildman–Crippen LogP) is 2.55. The van der Waals surface area contributed by atoms with Gasteiger partial charge in [-0.15, -0.1) is 24.0 Å². The highest BCUT2D eigenvalue weighted by molar-refractivity contribution is 14.0. The van der Waals surface area contributed by atoms with Crippen molar-refractivity contribution in [3.05, 3.63) is 59.7 Å². The van der Waals surface area contributed by atoms with Gasteiger partial charge < -0.3 is 25.8 Å². The van der Waals surface area contributed by atoms with Crippen LogP contribution >= 0.6 is 24.0 Å². The molecule has 0 radical (unpaired) electrons. The largest absolute Gasteiger partial charge is 0.507 e. The molecule has 158 valence electrons. The van der Waals surface area contributed by atoms with E-state index in [1.807, 2.05) is 31.2 Å². The lowest BCUT2D eigenvalue weighted by molar-refractivity contribution is 0.0951. The molecule has 2 aromatic rings. The molecule has 4 N–H and O–H groups in total. The molecular formula is C21H29IN4O3. The Kier molecular flexibility index (Phi) is 11.6. The third-order valence-electron chi connectivity index (χ3n) is 4.03. The highest BCUT2D eigenvalue weighted by Crippen LogP contribution is 2.14. The Morgan fingerprint density at radius 3 is 2.38 bits per heavy atom. The quantitative estimate of drug-likeness (QED) is 0.179. The van der Waals surface area contributed by atoms with Crippen molar-refractivity contribution in [2.45, 2.75) is 13.3 Å². The van der Waals surface area contributed by atoms with Gasteiger partial charge >= 0.3 is 0 Å². The van der Waals surface area contributed by atoms with E-state index in [1.165, 1.54) is 11.6 Å². The maximum absolute atomic E-state index is 12.1. The topological polar surface area (TPSA) is 95.0 Å². The van der Waals surface area contributed by atoms with Gasteiger partial charge in [0.2, 0.25) is 0 Å². The molecule has 0 unspecified atom stereocenters. The molecule has 0 bridgehead atoms. The average Bonchev–Trinajstić information content (AvgIpc) is 2.71. The van der Waals surface area contributed by atoms with E-state index in [0.29, 0.717) is 25.6 Å². The summed E-state index contributed by atoms with van der Waals surface area (Å²) in [5.74, 6) is 1.21. The van der Waals surface area contributed by atoms with E-state index < -0.39 is 0 Å². The van der Waals surface area contributed by atoms with Gasteiger partial charge in [-0.25, -0.2) is 0 Å². The Balaban J connectivity index is 0.00000420. The van der Waals surface area contributed by atoms with E-state index in [9.17, 15) is 9.90 Å². The number of benzene rings is 2. The number of phenols is 1. The first-order chi connectivity index (χ1) is 13.6. The van der Waals surface area contributed by atoms with Crippen LogP contribution in [0.1, 0.15) is 22.8 Å². The molecule has 0 aromatic heterocycles. The second-order valence-electron chi connectivity index (χ2n) is 6.06. The van der Waals surface area contributed by atoms with E-state index in [4.69, 9.17) is 4.74 Å². The first-order valence-electron chi connectivity index (χ1n) is 9.35. The number of para-hydroxylation sites is 1. The number of ether oxygens (including phenoxy) is 1. The van der Waals surface area contributed by atoms with Crippen molar-refractivity contribution in [1.29, 1.82) is 0 Å². The van der Waals surface area contributed by atoms with E-state index in [-0.39, 0.29) is 41.2 Å². The number of phenolic OH excluding ortho intramolecular Hbond substituents is 1. The van der Waals surface area contributed by atoms with Crippen molar-refractivity contribution in [2.24, 2.45) is 4.99 Å². The number of aromatic hydroxyl groups is 1. The van der Waals surface area contributed by atoms with Crippen molar-refractivity contribution >= 4 is 35.8 Å². The molecular weight excluding hydrogens is 483 g/mol. The zero-order valence-corrected chi connectivity index (χ0v) is 19.1. The van der Waals surface area contributed by atoms with Crippen LogP contribution in [0.15, 0.2) is 53.5 Å². The molecule has 0 aliphatic rings. The second-order valence-corrected chi connectivity index (χ2v) is 6.06. The summed E-state index contributed by atoms with van der Waals surface area (Å²) < 4.78 is 5.16. The van der Waals surface area contributed by atoms with Crippen LogP contribution in [0.4, 0.5) is 0 Å². The van der Waals surface area contributed by atoms with Gasteiger partial charge in [0, 0.05) is 26.2 Å². The third kappa shape index (κ3) is 8.59. The lowest BCUT2D eigenvalue weighted by Crippen LogP contribution is -2.41. The number of carbonyl (C=O) groups excluding carboxylic acids is 1. The number of guanidine groups is 1. The van der Waals surface area contributed by atoms with Crippen LogP contribution < -0.4 is 20.7 Å². The fourth-order valence-corrected chi connectivity index (χ4v) is 2.55. The van der Waals surface area contributed by atoms with Gasteiger partial charge in [0.25, 0.3) is 5.91 Å². The van der Waals surface area contributed by atoms with E-state index >= 15 is 0 Å². The molecule has 0 spiro atoms. The summed E-state index contributed by atoms with van der Waals surface area (Å²) in [4.78, 5) is 16.6. The van der Waals surface area contributed by atoms with Crippen LogP contribution in [0.25, 0.3) is 0 Å². The fourth-order valence-electron chi connectivity index (χ4n) is 2.55. The molecule has 0 atom stereocenters. The normalized spacial score (nSPS) is 10.6. The van der Waals surface area contributed by atoms with E-state index in [1.54, 1.807) is 25.3 Å². The number of halogens is 1. The van der Waals surface area contributed by atoms with Crippen LogP contribution in [0, 0.1) is 0 Å². The van der Waals surface area contributed by atoms with Crippen LogP contribution in [-0.4, -0.2) is 50.3 Å². The Morgan fingerprint density at radius 1 is 1.03 bits per heavy atom. The number of amides is 1. The number of nitrogens with zero attached hydrogens (tertiary/aromatic N) is 1. The van der Waals surface area contributed by atoms with Gasteiger partial charge in [-0.2, -0.15) is 0 Å². The second kappa shape index (κ2) is 13.6. The maximum Gasteiger partial charge on any atom is 0.255 e. The molecule has 0 aliphatic carbocycles. The Hall–Kier alpha value is -2.49. The average molecular weight is 512 g/mol. The molecule has 1 amide bonds. The Labute approximate surface area is 189 Å². The Morgan fingerprint density at radius 2 is 1.72 bits per heavy atom. The van der Waals surface area contributed by atoms with Gasteiger partial charge in [-0.1, -0.05) is 24.3 Å². The summed E-state index contributed by atoms with van der Waals surface area (Å²) in [7, 11) is 1.65. The standard InChI is InChI=1S/C21H28N4O3.HI/c1-3-22-21(24-13-12-16-8-10-17(28-2)11-9-16)25-15-14-23-20(27)18-6-4-5-7-19(18)26;/h4-11,26H,3,12-15H2,1-2H3,(H,23,27)(H2,22,24,25);1H. The number of nitrogens with one attached hydrogen (secondary N) is 3. The van der Waals surface area contributed by atoms with Crippen LogP contribution in [0.2, 0.25) is 0 Å². The minimum atomic E-state index is -0.304. The van der Waals surface area contributed by atoms with Crippen molar-refractivity contribution in [3.8, 4) is 11.5 Å². The monoisotopic (exact) mass is 512 g/mol. The number of methoxy groups -OCH3 is 1.